The lowest BCUT2D eigenvalue weighted by molar-refractivity contribution is 0.222. The van der Waals surface area contributed by atoms with Crippen LogP contribution in [0.1, 0.15) is 17.5 Å². The normalized spacial score (nSPS) is 24.0. The van der Waals surface area contributed by atoms with E-state index in [0.717, 1.165) is 23.7 Å². The Bertz CT molecular complexity index is 567. The Morgan fingerprint density at radius 2 is 2.14 bits per heavy atom. The van der Waals surface area contributed by atoms with E-state index in [1.165, 1.54) is 6.07 Å². The Morgan fingerprint density at radius 3 is 2.86 bits per heavy atom. The first-order valence-electron chi connectivity index (χ1n) is 6.68. The molecule has 1 heterocycles. The second-order valence-electron chi connectivity index (χ2n) is 5.21. The number of nitrogens with zero attached hydrogens (tertiary/aromatic N) is 1. The Hall–Kier alpha value is -0.980. The molecule has 0 saturated carbocycles. The molecule has 0 aromatic heterocycles. The van der Waals surface area contributed by atoms with Crippen LogP contribution in [0.2, 0.25) is 0 Å². The predicted molar refractivity (Wildman–Crippen MR) is 84.3 cm³/mol. The second-order valence-corrected chi connectivity index (χ2v) is 5.70. The number of fused-ring (bicyclic) bond motifs is 1. The molecule has 0 bridgehead atoms. The first-order valence-corrected chi connectivity index (χ1v) is 7.20. The Kier molecular flexibility index (Phi) is 5.01. The monoisotopic (exact) mass is 333 g/mol. The van der Waals surface area contributed by atoms with Gasteiger partial charge >= 0.3 is 0 Å². The third-order valence-electron chi connectivity index (χ3n) is 4.03. The van der Waals surface area contributed by atoms with Crippen LogP contribution in [0, 0.1) is 11.6 Å². The molecule has 21 heavy (non-hydrogen) atoms. The van der Waals surface area contributed by atoms with Crippen LogP contribution in [0.5, 0.6) is 0 Å². The van der Waals surface area contributed by atoms with Crippen molar-refractivity contribution in [1.29, 1.82) is 0 Å². The highest BCUT2D eigenvalue weighted by molar-refractivity contribution is 7.80. The fraction of sp³-hybridized carbons (Fsp3) is 0.429. The molecule has 0 fully saturated rings. The Labute approximate surface area is 134 Å². The molecule has 3 nitrogen and oxygen atoms in total. The van der Waals surface area contributed by atoms with E-state index >= 15 is 0 Å². The van der Waals surface area contributed by atoms with E-state index in [1.807, 2.05) is 6.20 Å². The molecule has 2 atom stereocenters. The molecular formula is C14H18ClF2N3S. The number of hydrogen-bond donors (Lipinski definition) is 3. The third kappa shape index (κ3) is 2.98. The van der Waals surface area contributed by atoms with Crippen molar-refractivity contribution in [3.05, 3.63) is 46.8 Å². The van der Waals surface area contributed by atoms with Crippen LogP contribution in [0.15, 0.2) is 24.0 Å². The lowest BCUT2D eigenvalue weighted by Gasteiger charge is -2.37. The fourth-order valence-corrected chi connectivity index (χ4v) is 3.52. The first kappa shape index (κ1) is 16.4. The molecule has 1 aliphatic heterocycles. The zero-order chi connectivity index (χ0) is 14.3. The lowest BCUT2D eigenvalue weighted by atomic mass is 9.87. The summed E-state index contributed by atoms with van der Waals surface area (Å²) in [5, 5.41) is 3.11. The van der Waals surface area contributed by atoms with Gasteiger partial charge in [-0.1, -0.05) is 0 Å². The van der Waals surface area contributed by atoms with Crippen molar-refractivity contribution in [2.24, 2.45) is 5.73 Å². The minimum Gasteiger partial charge on any atom is -0.361 e. The largest absolute Gasteiger partial charge is 0.361 e. The molecule has 0 saturated heterocycles. The topological polar surface area (TPSA) is 41.3 Å². The number of thiol groups is 1. The number of nitrogens with one attached hydrogen (secondary N) is 1. The summed E-state index contributed by atoms with van der Waals surface area (Å²) in [7, 11) is 0. The van der Waals surface area contributed by atoms with E-state index in [-0.39, 0.29) is 23.9 Å². The summed E-state index contributed by atoms with van der Waals surface area (Å²) in [6.45, 7) is 0.422. The number of halogens is 3. The van der Waals surface area contributed by atoms with Crippen LogP contribution in [0.25, 0.3) is 0 Å². The standard InChI is InChI=1S/C14H17F2N3S.ClH/c15-9-3-8-4-10(1-2-12(8)13(16)5-9)19-11(6-17)7-18-14(19)20;/h3,5,7,10,14,18,20H,1-2,4,6,17H2;1H/t10?,14-;/m0./s1. The van der Waals surface area contributed by atoms with Gasteiger partial charge in [0.2, 0.25) is 0 Å². The minimum absolute atomic E-state index is 0. The summed E-state index contributed by atoms with van der Waals surface area (Å²) < 4.78 is 27.1. The van der Waals surface area contributed by atoms with Crippen molar-refractivity contribution in [3.63, 3.8) is 0 Å². The van der Waals surface area contributed by atoms with Gasteiger partial charge < -0.3 is 16.0 Å². The highest BCUT2D eigenvalue weighted by Gasteiger charge is 2.32. The van der Waals surface area contributed by atoms with Crippen LogP contribution in [0.3, 0.4) is 0 Å². The highest BCUT2D eigenvalue weighted by atomic mass is 35.5. The minimum atomic E-state index is -0.515. The van der Waals surface area contributed by atoms with Gasteiger partial charge in [-0.05, 0) is 36.5 Å². The summed E-state index contributed by atoms with van der Waals surface area (Å²) in [5.41, 5.74) is 7.98. The Morgan fingerprint density at radius 1 is 1.38 bits per heavy atom. The number of nitrogens with two attached hydrogens (primary N) is 1. The van der Waals surface area contributed by atoms with Crippen LogP contribution in [0.4, 0.5) is 8.78 Å². The zero-order valence-corrected chi connectivity index (χ0v) is 13.1. The quantitative estimate of drug-likeness (QED) is 0.727. The van der Waals surface area contributed by atoms with Crippen molar-refractivity contribution in [1.82, 2.24) is 10.2 Å². The smallest absolute Gasteiger partial charge is 0.145 e. The molecule has 1 aromatic rings. The van der Waals surface area contributed by atoms with E-state index in [2.05, 4.69) is 22.8 Å². The van der Waals surface area contributed by atoms with Crippen molar-refractivity contribution < 1.29 is 8.78 Å². The van der Waals surface area contributed by atoms with Crippen molar-refractivity contribution >= 4 is 25.0 Å². The average molecular weight is 334 g/mol. The molecule has 1 aliphatic carbocycles. The van der Waals surface area contributed by atoms with E-state index in [4.69, 9.17) is 5.73 Å². The molecule has 3 rings (SSSR count). The fourth-order valence-electron chi connectivity index (χ4n) is 3.10. The summed E-state index contributed by atoms with van der Waals surface area (Å²) in [6.07, 6.45) is 3.89. The van der Waals surface area contributed by atoms with Crippen molar-refractivity contribution in [2.75, 3.05) is 6.54 Å². The maximum absolute atomic E-state index is 13.7. The molecule has 116 valence electrons. The van der Waals surface area contributed by atoms with E-state index in [1.54, 1.807) is 0 Å². The van der Waals surface area contributed by atoms with Gasteiger partial charge in [0.1, 0.15) is 17.1 Å². The molecule has 0 amide bonds. The van der Waals surface area contributed by atoms with Gasteiger partial charge in [-0.2, -0.15) is 0 Å². The molecule has 7 heteroatoms. The molecule has 0 radical (unpaired) electrons. The molecule has 2 aliphatic rings. The maximum Gasteiger partial charge on any atom is 0.145 e. The lowest BCUT2D eigenvalue weighted by Crippen LogP contribution is -2.44. The van der Waals surface area contributed by atoms with Crippen LogP contribution < -0.4 is 11.1 Å². The third-order valence-corrected chi connectivity index (χ3v) is 4.43. The predicted octanol–water partition coefficient (Wildman–Crippen LogP) is 2.16. The molecule has 1 aromatic carbocycles. The average Bonchev–Trinajstić information content (AvgIpc) is 2.78. The summed E-state index contributed by atoms with van der Waals surface area (Å²) >= 11 is 4.48. The zero-order valence-electron chi connectivity index (χ0n) is 11.4. The van der Waals surface area contributed by atoms with E-state index in [0.29, 0.717) is 24.9 Å². The maximum atomic E-state index is 13.7. The van der Waals surface area contributed by atoms with E-state index < -0.39 is 11.6 Å². The van der Waals surface area contributed by atoms with Crippen LogP contribution >= 0.6 is 25.0 Å². The SMILES string of the molecule is Cl.NCC1=CN[C@H](S)N1C1CCc2c(F)cc(F)cc2C1. The van der Waals surface area contributed by atoms with Crippen molar-refractivity contribution in [2.45, 2.75) is 30.8 Å². The molecule has 0 spiro atoms. The summed E-state index contributed by atoms with van der Waals surface area (Å²) in [4.78, 5) is 2.11. The van der Waals surface area contributed by atoms with Crippen LogP contribution in [-0.4, -0.2) is 23.0 Å². The highest BCUT2D eigenvalue weighted by Crippen LogP contribution is 2.31. The van der Waals surface area contributed by atoms with Gasteiger partial charge in [0.05, 0.1) is 0 Å². The van der Waals surface area contributed by atoms with Gasteiger partial charge in [0.15, 0.2) is 0 Å². The van der Waals surface area contributed by atoms with Gasteiger partial charge in [-0.15, -0.1) is 25.0 Å². The van der Waals surface area contributed by atoms with Gasteiger partial charge in [-0.3, -0.25) is 0 Å². The number of hydrogen-bond acceptors (Lipinski definition) is 4. The Balaban J connectivity index is 0.00000161. The van der Waals surface area contributed by atoms with Gasteiger partial charge in [-0.25, -0.2) is 8.78 Å². The van der Waals surface area contributed by atoms with Crippen molar-refractivity contribution in [3.8, 4) is 0 Å². The van der Waals surface area contributed by atoms with Gasteiger partial charge in [0.25, 0.3) is 0 Å². The molecule has 1 unspecified atom stereocenters. The first-order chi connectivity index (χ1) is 9.60. The van der Waals surface area contributed by atoms with E-state index in [9.17, 15) is 8.78 Å². The number of rotatable bonds is 2. The van der Waals surface area contributed by atoms with Gasteiger partial charge in [0, 0.05) is 30.5 Å². The molecule has 3 N–H and O–H groups in total. The second kappa shape index (κ2) is 6.42. The van der Waals surface area contributed by atoms with Crippen LogP contribution in [-0.2, 0) is 12.8 Å². The summed E-state index contributed by atoms with van der Waals surface area (Å²) in [6, 6.07) is 2.56. The summed E-state index contributed by atoms with van der Waals surface area (Å²) in [5.74, 6) is -0.950. The number of benzene rings is 1. The molecular weight excluding hydrogens is 316 g/mol.